The first-order chi connectivity index (χ1) is 5.36. The Hall–Kier alpha value is -1.15. The van der Waals surface area contributed by atoms with Crippen molar-refractivity contribution in [3.05, 3.63) is 35.4 Å². The van der Waals surface area contributed by atoms with E-state index in [1.807, 2.05) is 30.6 Å². The summed E-state index contributed by atoms with van der Waals surface area (Å²) < 4.78 is 0. The molecule has 2 N–H and O–H groups in total. The van der Waals surface area contributed by atoms with Crippen molar-refractivity contribution in [1.82, 2.24) is 0 Å². The van der Waals surface area contributed by atoms with Gasteiger partial charge in [0.1, 0.15) is 0 Å². The molecule has 2 nitrogen and oxygen atoms in total. The van der Waals surface area contributed by atoms with E-state index in [0.717, 1.165) is 11.1 Å². The summed E-state index contributed by atoms with van der Waals surface area (Å²) in [6.07, 6.45) is 2.21. The maximum atomic E-state index is 9.98. The van der Waals surface area contributed by atoms with Gasteiger partial charge in [0.05, 0.1) is 0 Å². The average Bonchev–Trinajstić information content (AvgIpc) is 2.07. The Morgan fingerprint density at radius 3 is 2.18 bits per heavy atom. The highest BCUT2D eigenvalue weighted by Crippen LogP contribution is 2.02. The lowest BCUT2D eigenvalue weighted by molar-refractivity contribution is 0.555. The molecule has 1 aromatic carbocycles. The van der Waals surface area contributed by atoms with Gasteiger partial charge in [-0.3, -0.25) is 4.79 Å². The minimum absolute atomic E-state index is 0.366. The van der Waals surface area contributed by atoms with E-state index in [9.17, 15) is 4.79 Å². The number of nitrogens with two attached hydrogens (primary N) is 1. The normalized spacial score (nSPS) is 9.55. The summed E-state index contributed by atoms with van der Waals surface area (Å²) in [6.45, 7) is 0.547. The molecule has 0 spiro atoms. The summed E-state index contributed by atoms with van der Waals surface area (Å²) in [4.78, 5) is 9.98. The second kappa shape index (κ2) is 3.88. The highest BCUT2D eigenvalue weighted by Gasteiger charge is 1.91. The maximum Gasteiger partial charge on any atom is 0.203 e. The van der Waals surface area contributed by atoms with Crippen LogP contribution in [0.3, 0.4) is 0 Å². The van der Waals surface area contributed by atoms with Crippen LogP contribution in [0.4, 0.5) is 0 Å². The smallest absolute Gasteiger partial charge is 0.203 e. The summed E-state index contributed by atoms with van der Waals surface area (Å²) in [5, 5.41) is 0. The minimum Gasteiger partial charge on any atom is -0.326 e. The Labute approximate surface area is 66.0 Å². The lowest BCUT2D eigenvalue weighted by atomic mass is 10.1. The van der Waals surface area contributed by atoms with Gasteiger partial charge in [0.25, 0.3) is 0 Å². The molecule has 1 rings (SSSR count). The van der Waals surface area contributed by atoms with E-state index in [0.29, 0.717) is 13.0 Å². The van der Waals surface area contributed by atoms with Crippen molar-refractivity contribution >= 4 is 6.29 Å². The van der Waals surface area contributed by atoms with Gasteiger partial charge in [-0.25, -0.2) is 0 Å². The molecule has 0 amide bonds. The van der Waals surface area contributed by atoms with E-state index < -0.39 is 0 Å². The van der Waals surface area contributed by atoms with Crippen molar-refractivity contribution in [3.63, 3.8) is 0 Å². The van der Waals surface area contributed by atoms with Gasteiger partial charge in [0.2, 0.25) is 6.29 Å². The fourth-order valence-electron chi connectivity index (χ4n) is 0.877. The van der Waals surface area contributed by atoms with Crippen LogP contribution in [0.15, 0.2) is 24.3 Å². The predicted octanol–water partition coefficient (Wildman–Crippen LogP) is 0.798. The third-order valence-electron chi connectivity index (χ3n) is 1.53. The SMILES string of the molecule is NCc1ccc(C[C]=O)cc1. The largest absolute Gasteiger partial charge is 0.326 e. The maximum absolute atomic E-state index is 9.98. The third kappa shape index (κ3) is 2.16. The molecule has 11 heavy (non-hydrogen) atoms. The van der Waals surface area contributed by atoms with Gasteiger partial charge in [-0.15, -0.1) is 0 Å². The number of hydrogen-bond acceptors (Lipinski definition) is 2. The molecule has 1 radical (unpaired) electrons. The van der Waals surface area contributed by atoms with E-state index >= 15 is 0 Å². The Kier molecular flexibility index (Phi) is 2.81. The van der Waals surface area contributed by atoms with Crippen LogP contribution < -0.4 is 5.73 Å². The quantitative estimate of drug-likeness (QED) is 0.688. The summed E-state index contributed by atoms with van der Waals surface area (Å²) in [5.41, 5.74) is 7.46. The van der Waals surface area contributed by atoms with Gasteiger partial charge in [-0.2, -0.15) is 0 Å². The van der Waals surface area contributed by atoms with E-state index in [2.05, 4.69) is 0 Å². The molecular formula is C9H10NO. The lowest BCUT2D eigenvalue weighted by Gasteiger charge is -1.96. The molecule has 0 saturated carbocycles. The van der Waals surface area contributed by atoms with Gasteiger partial charge in [-0.1, -0.05) is 24.3 Å². The van der Waals surface area contributed by atoms with Gasteiger partial charge in [-0.05, 0) is 11.1 Å². The summed E-state index contributed by atoms with van der Waals surface area (Å²) in [7, 11) is 0. The van der Waals surface area contributed by atoms with Crippen molar-refractivity contribution in [3.8, 4) is 0 Å². The Morgan fingerprint density at radius 1 is 1.18 bits per heavy atom. The monoisotopic (exact) mass is 148 g/mol. The molecule has 0 atom stereocenters. The van der Waals surface area contributed by atoms with Crippen LogP contribution in [0, 0.1) is 0 Å². The second-order valence-electron chi connectivity index (χ2n) is 2.34. The molecule has 2 heteroatoms. The molecule has 57 valence electrons. The molecule has 0 aromatic heterocycles. The van der Waals surface area contributed by atoms with Crippen LogP contribution in [-0.4, -0.2) is 6.29 Å². The summed E-state index contributed by atoms with van der Waals surface area (Å²) in [5.74, 6) is 0. The van der Waals surface area contributed by atoms with Crippen molar-refractivity contribution in [1.29, 1.82) is 0 Å². The first-order valence-corrected chi connectivity index (χ1v) is 3.49. The average molecular weight is 148 g/mol. The molecule has 0 unspecified atom stereocenters. The fourth-order valence-corrected chi connectivity index (χ4v) is 0.877. The molecule has 0 saturated heterocycles. The fraction of sp³-hybridized carbons (Fsp3) is 0.222. The summed E-state index contributed by atoms with van der Waals surface area (Å²) in [6, 6.07) is 7.64. The Morgan fingerprint density at radius 2 is 1.73 bits per heavy atom. The van der Waals surface area contributed by atoms with Crippen LogP contribution in [0.1, 0.15) is 11.1 Å². The van der Waals surface area contributed by atoms with Crippen LogP contribution >= 0.6 is 0 Å². The topological polar surface area (TPSA) is 43.1 Å². The van der Waals surface area contributed by atoms with Crippen LogP contribution in [-0.2, 0) is 17.8 Å². The van der Waals surface area contributed by atoms with Gasteiger partial charge in [0, 0.05) is 13.0 Å². The second-order valence-corrected chi connectivity index (χ2v) is 2.34. The van der Waals surface area contributed by atoms with E-state index in [1.54, 1.807) is 0 Å². The zero-order valence-corrected chi connectivity index (χ0v) is 6.21. The molecule has 1 aromatic rings. The lowest BCUT2D eigenvalue weighted by Crippen LogP contribution is -1.96. The molecule has 0 aliphatic rings. The molecule has 0 aliphatic carbocycles. The highest BCUT2D eigenvalue weighted by atomic mass is 16.1. The first-order valence-electron chi connectivity index (χ1n) is 3.49. The van der Waals surface area contributed by atoms with Gasteiger partial charge < -0.3 is 5.73 Å². The van der Waals surface area contributed by atoms with E-state index in [4.69, 9.17) is 5.73 Å². The standard InChI is InChI=1S/C9H10NO/c10-7-9-3-1-8(2-4-9)5-6-11/h1-4H,5,7,10H2. The van der Waals surface area contributed by atoms with Gasteiger partial charge >= 0.3 is 0 Å². The van der Waals surface area contributed by atoms with E-state index in [-0.39, 0.29) is 0 Å². The molecular weight excluding hydrogens is 138 g/mol. The van der Waals surface area contributed by atoms with Crippen molar-refractivity contribution in [2.75, 3.05) is 0 Å². The number of hydrogen-bond donors (Lipinski definition) is 1. The molecule has 0 aliphatic heterocycles. The van der Waals surface area contributed by atoms with Crippen molar-refractivity contribution in [2.45, 2.75) is 13.0 Å². The third-order valence-corrected chi connectivity index (χ3v) is 1.53. The zero-order valence-electron chi connectivity index (χ0n) is 6.21. The Balaban J connectivity index is 2.74. The summed E-state index contributed by atoms with van der Waals surface area (Å²) >= 11 is 0. The van der Waals surface area contributed by atoms with Crippen LogP contribution in [0.5, 0.6) is 0 Å². The van der Waals surface area contributed by atoms with E-state index in [1.165, 1.54) is 0 Å². The number of rotatable bonds is 3. The predicted molar refractivity (Wildman–Crippen MR) is 43.7 cm³/mol. The van der Waals surface area contributed by atoms with Crippen LogP contribution in [0.2, 0.25) is 0 Å². The zero-order chi connectivity index (χ0) is 8.10. The number of carbonyl (C=O) groups excluding carboxylic acids is 1. The van der Waals surface area contributed by atoms with Crippen LogP contribution in [0.25, 0.3) is 0 Å². The number of benzene rings is 1. The highest BCUT2D eigenvalue weighted by molar-refractivity contribution is 5.55. The first kappa shape index (κ1) is 7.95. The molecule has 0 heterocycles. The molecule has 0 bridgehead atoms. The van der Waals surface area contributed by atoms with Crippen molar-refractivity contribution < 1.29 is 4.79 Å². The molecule has 0 fully saturated rings. The van der Waals surface area contributed by atoms with Gasteiger partial charge in [0.15, 0.2) is 0 Å². The minimum atomic E-state index is 0.366. The Bertz CT molecular complexity index is 228. The van der Waals surface area contributed by atoms with Crippen molar-refractivity contribution in [2.24, 2.45) is 5.73 Å².